The minimum atomic E-state index is -2.33. The summed E-state index contributed by atoms with van der Waals surface area (Å²) in [6.07, 6.45) is 11.0. The predicted octanol–water partition coefficient (Wildman–Crippen LogP) is 3.33. The van der Waals surface area contributed by atoms with Crippen LogP contribution in [0.25, 0.3) is 0 Å². The molecule has 0 spiro atoms. The quantitative estimate of drug-likeness (QED) is 0.407. The smallest absolute Gasteiger partial charge is 0.0842 e. The van der Waals surface area contributed by atoms with E-state index in [9.17, 15) is 8.76 Å². The Hall–Kier alpha value is 0.0700. The average Bonchev–Trinajstić information content (AvgIpc) is 2.20. The van der Waals surface area contributed by atoms with Gasteiger partial charge in [-0.2, -0.15) is 0 Å². The van der Waals surface area contributed by atoms with Crippen molar-refractivity contribution in [3.63, 3.8) is 0 Å². The van der Waals surface area contributed by atoms with Crippen LogP contribution in [0, 0.1) is 0 Å². The first kappa shape index (κ1) is 15.1. The highest BCUT2D eigenvalue weighted by atomic mass is 32.2. The molecular weight excluding hydrogens is 212 g/mol. The molecular formula is C11H23O3S-. The summed E-state index contributed by atoms with van der Waals surface area (Å²) in [5.74, 6) is 0. The summed E-state index contributed by atoms with van der Waals surface area (Å²) in [5, 5.41) is 0. The van der Waals surface area contributed by atoms with Crippen molar-refractivity contribution in [2.75, 3.05) is 6.61 Å². The van der Waals surface area contributed by atoms with Crippen LogP contribution in [0.5, 0.6) is 0 Å². The molecule has 1 unspecified atom stereocenters. The molecule has 92 valence electrons. The normalized spacial score (nSPS) is 12.9. The van der Waals surface area contributed by atoms with Crippen LogP contribution in [0.1, 0.15) is 64.7 Å². The third-order valence-corrected chi connectivity index (χ3v) is 2.79. The highest BCUT2D eigenvalue weighted by molar-refractivity contribution is 7.74. The molecule has 0 radical (unpaired) electrons. The van der Waals surface area contributed by atoms with Gasteiger partial charge in [-0.1, -0.05) is 58.3 Å². The van der Waals surface area contributed by atoms with Gasteiger partial charge >= 0.3 is 0 Å². The van der Waals surface area contributed by atoms with E-state index in [4.69, 9.17) is 0 Å². The molecule has 0 saturated heterocycles. The largest absolute Gasteiger partial charge is 0.750 e. The van der Waals surface area contributed by atoms with Gasteiger partial charge in [0.05, 0.1) is 18.0 Å². The van der Waals surface area contributed by atoms with Crippen molar-refractivity contribution in [3.8, 4) is 0 Å². The van der Waals surface area contributed by atoms with E-state index in [-0.39, 0.29) is 0 Å². The van der Waals surface area contributed by atoms with Crippen LogP contribution in [0.15, 0.2) is 0 Å². The maximum Gasteiger partial charge on any atom is 0.0842 e. The molecule has 0 N–H and O–H groups in total. The Balaban J connectivity index is 2.89. The van der Waals surface area contributed by atoms with Gasteiger partial charge in [0.15, 0.2) is 0 Å². The Labute approximate surface area is 96.1 Å². The van der Waals surface area contributed by atoms with E-state index in [1.807, 2.05) is 0 Å². The molecule has 0 amide bonds. The molecule has 0 heterocycles. The van der Waals surface area contributed by atoms with Crippen molar-refractivity contribution >= 4 is 11.4 Å². The van der Waals surface area contributed by atoms with E-state index in [0.29, 0.717) is 6.61 Å². The summed E-state index contributed by atoms with van der Waals surface area (Å²) in [4.78, 5) is 0. The minimum absolute atomic E-state index is 0.339. The van der Waals surface area contributed by atoms with Crippen LogP contribution in [0.4, 0.5) is 0 Å². The Bertz CT molecular complexity index is 151. The van der Waals surface area contributed by atoms with Crippen molar-refractivity contribution in [2.24, 2.45) is 0 Å². The third-order valence-electron chi connectivity index (χ3n) is 2.43. The van der Waals surface area contributed by atoms with Crippen molar-refractivity contribution < 1.29 is 12.9 Å². The zero-order valence-electron chi connectivity index (χ0n) is 9.70. The molecule has 0 saturated carbocycles. The predicted molar refractivity (Wildman–Crippen MR) is 62.1 cm³/mol. The standard InChI is InChI=1S/C11H24O3S/c1-2-3-4-5-6-7-8-9-10-11-14-15(12)13/h2-11H2,1H3,(H,12,13)/p-1. The number of rotatable bonds is 11. The van der Waals surface area contributed by atoms with Gasteiger partial charge in [0, 0.05) is 0 Å². The van der Waals surface area contributed by atoms with E-state index in [1.165, 1.54) is 44.9 Å². The van der Waals surface area contributed by atoms with Crippen molar-refractivity contribution in [1.29, 1.82) is 0 Å². The topological polar surface area (TPSA) is 49.4 Å². The lowest BCUT2D eigenvalue weighted by atomic mass is 10.1. The summed E-state index contributed by atoms with van der Waals surface area (Å²) >= 11 is -2.33. The third kappa shape index (κ3) is 14.1. The molecule has 1 atom stereocenters. The minimum Gasteiger partial charge on any atom is -0.750 e. The average molecular weight is 235 g/mol. The Morgan fingerprint density at radius 3 is 1.87 bits per heavy atom. The molecule has 0 aromatic heterocycles. The van der Waals surface area contributed by atoms with Crippen LogP contribution in [-0.4, -0.2) is 15.4 Å². The van der Waals surface area contributed by atoms with Gasteiger partial charge < -0.3 is 8.74 Å². The van der Waals surface area contributed by atoms with Crippen molar-refractivity contribution in [3.05, 3.63) is 0 Å². The Morgan fingerprint density at radius 1 is 0.933 bits per heavy atom. The first-order valence-electron chi connectivity index (χ1n) is 6.00. The zero-order chi connectivity index (χ0) is 11.4. The maximum atomic E-state index is 10.0. The fourth-order valence-electron chi connectivity index (χ4n) is 1.54. The van der Waals surface area contributed by atoms with E-state index >= 15 is 0 Å². The molecule has 0 aromatic carbocycles. The highest BCUT2D eigenvalue weighted by Crippen LogP contribution is 2.09. The fraction of sp³-hybridized carbons (Fsp3) is 1.00. The molecule has 0 aliphatic heterocycles. The summed E-state index contributed by atoms with van der Waals surface area (Å²) in [6.45, 7) is 2.56. The summed E-state index contributed by atoms with van der Waals surface area (Å²) in [7, 11) is 0. The molecule has 0 bridgehead atoms. The summed E-state index contributed by atoms with van der Waals surface area (Å²) in [5.41, 5.74) is 0. The molecule has 0 aliphatic rings. The van der Waals surface area contributed by atoms with Gasteiger partial charge in [0.2, 0.25) is 0 Å². The SMILES string of the molecule is CCCCCCCCCCCOS(=O)[O-]. The Morgan fingerprint density at radius 2 is 1.40 bits per heavy atom. The second-order valence-corrected chi connectivity index (χ2v) is 4.50. The van der Waals surface area contributed by atoms with Crippen molar-refractivity contribution in [1.82, 2.24) is 0 Å². The highest BCUT2D eigenvalue weighted by Gasteiger charge is 1.92. The fourth-order valence-corrected chi connectivity index (χ4v) is 1.79. The van der Waals surface area contributed by atoms with Crippen LogP contribution in [0.2, 0.25) is 0 Å². The van der Waals surface area contributed by atoms with Gasteiger partial charge in [-0.05, 0) is 6.42 Å². The summed E-state index contributed by atoms with van der Waals surface area (Å²) in [6, 6.07) is 0. The Kier molecular flexibility index (Phi) is 12.2. The first-order chi connectivity index (χ1) is 7.27. The first-order valence-corrected chi connectivity index (χ1v) is 7.00. The maximum absolute atomic E-state index is 10.0. The zero-order valence-corrected chi connectivity index (χ0v) is 10.5. The molecule has 0 aliphatic carbocycles. The van der Waals surface area contributed by atoms with Crippen LogP contribution < -0.4 is 0 Å². The lowest BCUT2D eigenvalue weighted by Crippen LogP contribution is -1.97. The van der Waals surface area contributed by atoms with Gasteiger partial charge in [-0.3, -0.25) is 0 Å². The number of hydrogen-bond acceptors (Lipinski definition) is 3. The van der Waals surface area contributed by atoms with E-state index in [0.717, 1.165) is 12.8 Å². The van der Waals surface area contributed by atoms with Crippen LogP contribution in [0.3, 0.4) is 0 Å². The van der Waals surface area contributed by atoms with Gasteiger partial charge in [-0.15, -0.1) is 0 Å². The van der Waals surface area contributed by atoms with Gasteiger partial charge in [-0.25, -0.2) is 4.21 Å². The molecule has 0 fully saturated rings. The van der Waals surface area contributed by atoms with E-state index in [1.54, 1.807) is 0 Å². The van der Waals surface area contributed by atoms with Gasteiger partial charge in [0.1, 0.15) is 0 Å². The van der Waals surface area contributed by atoms with Crippen molar-refractivity contribution in [2.45, 2.75) is 64.7 Å². The molecule has 0 aromatic rings. The molecule has 4 heteroatoms. The monoisotopic (exact) mass is 235 g/mol. The molecule has 15 heavy (non-hydrogen) atoms. The number of hydrogen-bond donors (Lipinski definition) is 0. The number of unbranched alkanes of at least 4 members (excludes halogenated alkanes) is 8. The van der Waals surface area contributed by atoms with E-state index < -0.39 is 11.4 Å². The lowest BCUT2D eigenvalue weighted by Gasteiger charge is -2.05. The van der Waals surface area contributed by atoms with Crippen LogP contribution >= 0.6 is 0 Å². The van der Waals surface area contributed by atoms with E-state index in [2.05, 4.69) is 11.1 Å². The lowest BCUT2D eigenvalue weighted by molar-refractivity contribution is 0.290. The second kappa shape index (κ2) is 12.1. The summed E-state index contributed by atoms with van der Waals surface area (Å²) < 4.78 is 24.4. The second-order valence-electron chi connectivity index (χ2n) is 3.85. The van der Waals surface area contributed by atoms with Gasteiger partial charge in [0.25, 0.3) is 0 Å². The molecule has 3 nitrogen and oxygen atoms in total. The van der Waals surface area contributed by atoms with Crippen LogP contribution in [-0.2, 0) is 15.5 Å². The molecule has 0 rings (SSSR count).